The lowest BCUT2D eigenvalue weighted by atomic mass is 10.1. The van der Waals surface area contributed by atoms with Crippen LogP contribution in [0.2, 0.25) is 0 Å². The van der Waals surface area contributed by atoms with Gasteiger partial charge >= 0.3 is 0 Å². The lowest BCUT2D eigenvalue weighted by Crippen LogP contribution is -2.11. The second kappa shape index (κ2) is 6.53. The number of nitrogens with zero attached hydrogens (tertiary/aromatic N) is 2. The number of hydrogen-bond donors (Lipinski definition) is 1. The number of anilines is 1. The number of halogens is 1. The van der Waals surface area contributed by atoms with Crippen LogP contribution in [0.1, 0.15) is 5.56 Å². The summed E-state index contributed by atoms with van der Waals surface area (Å²) in [5.41, 5.74) is 4.13. The minimum Gasteiger partial charge on any atom is -0.306 e. The van der Waals surface area contributed by atoms with Gasteiger partial charge in [0.15, 0.2) is 0 Å². The average molecular weight is 448 g/mol. The lowest BCUT2D eigenvalue weighted by molar-refractivity contribution is 0.603. The van der Waals surface area contributed by atoms with Gasteiger partial charge in [-0.05, 0) is 64.8 Å². The Labute approximate surface area is 163 Å². The highest BCUT2D eigenvalue weighted by atomic mass is 79.9. The van der Waals surface area contributed by atoms with Crippen LogP contribution in [-0.2, 0) is 10.0 Å². The topological polar surface area (TPSA) is 63.5 Å². The van der Waals surface area contributed by atoms with Gasteiger partial charge in [0.1, 0.15) is 9.86 Å². The molecule has 0 aliphatic heterocycles. The summed E-state index contributed by atoms with van der Waals surface area (Å²) in [7, 11) is -3.61. The van der Waals surface area contributed by atoms with E-state index in [9.17, 15) is 8.42 Å². The number of benzene rings is 1. The van der Waals surface area contributed by atoms with Crippen LogP contribution < -0.4 is 4.72 Å². The Balaban J connectivity index is 1.67. The standard InChI is InChI=1S/C18H14BrN3O2S2/c1-12-7-8-22-11-15(20-17(22)9-12)13-3-2-4-14(10-13)21-26(23,24)18-6-5-16(19)25-18/h2-11,21H,1H3. The monoisotopic (exact) mass is 447 g/mol. The highest BCUT2D eigenvalue weighted by Gasteiger charge is 2.17. The zero-order valence-corrected chi connectivity index (χ0v) is 16.9. The van der Waals surface area contributed by atoms with Crippen molar-refractivity contribution in [2.24, 2.45) is 0 Å². The number of nitrogens with one attached hydrogen (secondary N) is 1. The van der Waals surface area contributed by atoms with Crippen molar-refractivity contribution in [1.82, 2.24) is 9.38 Å². The highest BCUT2D eigenvalue weighted by molar-refractivity contribution is 9.11. The molecule has 0 radical (unpaired) electrons. The molecule has 0 amide bonds. The molecule has 0 bridgehead atoms. The van der Waals surface area contributed by atoms with Gasteiger partial charge in [0.2, 0.25) is 0 Å². The second-order valence-electron chi connectivity index (χ2n) is 5.84. The molecular weight excluding hydrogens is 434 g/mol. The van der Waals surface area contributed by atoms with Crippen LogP contribution in [0, 0.1) is 6.92 Å². The Kier molecular flexibility index (Phi) is 4.34. The van der Waals surface area contributed by atoms with E-state index in [4.69, 9.17) is 0 Å². The Bertz CT molecular complexity index is 1210. The quantitative estimate of drug-likeness (QED) is 0.481. The van der Waals surface area contributed by atoms with Gasteiger partial charge in [0.05, 0.1) is 9.48 Å². The molecule has 0 fully saturated rings. The van der Waals surface area contributed by atoms with Crippen LogP contribution in [0.3, 0.4) is 0 Å². The van der Waals surface area contributed by atoms with E-state index in [1.165, 1.54) is 11.3 Å². The SMILES string of the molecule is Cc1ccn2cc(-c3cccc(NS(=O)(=O)c4ccc(Br)s4)c3)nc2c1. The molecule has 8 heteroatoms. The molecule has 132 valence electrons. The van der Waals surface area contributed by atoms with E-state index in [1.807, 2.05) is 48.0 Å². The van der Waals surface area contributed by atoms with Crippen molar-refractivity contribution < 1.29 is 8.42 Å². The molecule has 0 aliphatic rings. The Morgan fingerprint density at radius 2 is 2.00 bits per heavy atom. The molecule has 0 aliphatic carbocycles. The molecule has 4 aromatic rings. The third-order valence-electron chi connectivity index (χ3n) is 3.84. The predicted molar refractivity (Wildman–Crippen MR) is 108 cm³/mol. The summed E-state index contributed by atoms with van der Waals surface area (Å²) >= 11 is 4.46. The van der Waals surface area contributed by atoms with Gasteiger partial charge in [-0.3, -0.25) is 4.72 Å². The smallest absolute Gasteiger partial charge is 0.271 e. The molecule has 3 aromatic heterocycles. The molecule has 0 atom stereocenters. The summed E-state index contributed by atoms with van der Waals surface area (Å²) in [5, 5.41) is 0. The average Bonchev–Trinajstić information content (AvgIpc) is 3.21. The zero-order valence-electron chi connectivity index (χ0n) is 13.7. The molecule has 0 unspecified atom stereocenters. The van der Waals surface area contributed by atoms with Crippen molar-refractivity contribution in [2.45, 2.75) is 11.1 Å². The first kappa shape index (κ1) is 17.3. The van der Waals surface area contributed by atoms with Crippen LogP contribution in [0.4, 0.5) is 5.69 Å². The Morgan fingerprint density at radius 1 is 1.15 bits per heavy atom. The molecule has 3 heterocycles. The first-order chi connectivity index (χ1) is 12.4. The summed E-state index contributed by atoms with van der Waals surface area (Å²) < 4.78 is 30.6. The number of fused-ring (bicyclic) bond motifs is 1. The van der Waals surface area contributed by atoms with Gasteiger partial charge in [-0.25, -0.2) is 13.4 Å². The number of thiophene rings is 1. The molecular formula is C18H14BrN3O2S2. The van der Waals surface area contributed by atoms with Crippen LogP contribution >= 0.6 is 27.3 Å². The number of sulfonamides is 1. The number of aryl methyl sites for hydroxylation is 1. The van der Waals surface area contributed by atoms with E-state index in [-0.39, 0.29) is 4.21 Å². The first-order valence-electron chi connectivity index (χ1n) is 7.75. The Morgan fingerprint density at radius 3 is 2.77 bits per heavy atom. The first-order valence-corrected chi connectivity index (χ1v) is 10.8. The number of rotatable bonds is 4. The van der Waals surface area contributed by atoms with Crippen LogP contribution in [0.25, 0.3) is 16.9 Å². The second-order valence-corrected chi connectivity index (χ2v) is 10.2. The maximum Gasteiger partial charge on any atom is 0.271 e. The fraction of sp³-hybridized carbons (Fsp3) is 0.0556. The number of pyridine rings is 1. The van der Waals surface area contributed by atoms with Crippen LogP contribution in [0.15, 0.2) is 68.9 Å². The molecule has 1 N–H and O–H groups in total. The fourth-order valence-electron chi connectivity index (χ4n) is 2.61. The maximum atomic E-state index is 12.5. The third-order valence-corrected chi connectivity index (χ3v) is 7.34. The number of imidazole rings is 1. The highest BCUT2D eigenvalue weighted by Crippen LogP contribution is 2.29. The molecule has 0 saturated heterocycles. The van der Waals surface area contributed by atoms with Gasteiger partial charge in [-0.1, -0.05) is 12.1 Å². The van der Waals surface area contributed by atoms with E-state index in [0.717, 1.165) is 26.3 Å². The largest absolute Gasteiger partial charge is 0.306 e. The molecule has 0 saturated carbocycles. The summed E-state index contributed by atoms with van der Waals surface area (Å²) in [6.45, 7) is 2.02. The van der Waals surface area contributed by atoms with E-state index >= 15 is 0 Å². The number of aromatic nitrogens is 2. The maximum absolute atomic E-state index is 12.5. The van der Waals surface area contributed by atoms with E-state index in [2.05, 4.69) is 25.6 Å². The van der Waals surface area contributed by atoms with Crippen molar-refractivity contribution in [1.29, 1.82) is 0 Å². The molecule has 1 aromatic carbocycles. The summed E-state index contributed by atoms with van der Waals surface area (Å²) in [5.74, 6) is 0. The van der Waals surface area contributed by atoms with E-state index < -0.39 is 10.0 Å². The summed E-state index contributed by atoms with van der Waals surface area (Å²) in [4.78, 5) is 4.62. The normalized spacial score (nSPS) is 11.8. The Hall–Kier alpha value is -2.16. The lowest BCUT2D eigenvalue weighted by Gasteiger charge is -2.07. The minimum atomic E-state index is -3.61. The van der Waals surface area contributed by atoms with Crippen LogP contribution in [0.5, 0.6) is 0 Å². The van der Waals surface area contributed by atoms with Crippen molar-refractivity contribution in [3.63, 3.8) is 0 Å². The minimum absolute atomic E-state index is 0.262. The summed E-state index contributed by atoms with van der Waals surface area (Å²) in [6.07, 6.45) is 3.89. The van der Waals surface area contributed by atoms with Crippen molar-refractivity contribution in [2.75, 3.05) is 4.72 Å². The van der Waals surface area contributed by atoms with Crippen LogP contribution in [-0.4, -0.2) is 17.8 Å². The van der Waals surface area contributed by atoms with Crippen molar-refractivity contribution in [3.8, 4) is 11.3 Å². The zero-order chi connectivity index (χ0) is 18.3. The molecule has 0 spiro atoms. The molecule has 4 rings (SSSR count). The van der Waals surface area contributed by atoms with Gasteiger partial charge in [-0.15, -0.1) is 11.3 Å². The fourth-order valence-corrected chi connectivity index (χ4v) is 5.67. The predicted octanol–water partition coefficient (Wildman–Crippen LogP) is 4.93. The third kappa shape index (κ3) is 3.40. The van der Waals surface area contributed by atoms with Gasteiger partial charge < -0.3 is 4.40 Å². The van der Waals surface area contributed by atoms with E-state index in [0.29, 0.717) is 5.69 Å². The number of hydrogen-bond acceptors (Lipinski definition) is 4. The van der Waals surface area contributed by atoms with E-state index in [1.54, 1.807) is 24.3 Å². The van der Waals surface area contributed by atoms with Crippen molar-refractivity contribution >= 4 is 48.6 Å². The molecule has 26 heavy (non-hydrogen) atoms. The van der Waals surface area contributed by atoms with Crippen molar-refractivity contribution in [3.05, 3.63) is 70.3 Å². The van der Waals surface area contributed by atoms with Gasteiger partial charge in [0.25, 0.3) is 10.0 Å². The van der Waals surface area contributed by atoms with Gasteiger partial charge in [0, 0.05) is 23.6 Å². The van der Waals surface area contributed by atoms with Gasteiger partial charge in [-0.2, -0.15) is 0 Å². The molecule has 5 nitrogen and oxygen atoms in total. The summed E-state index contributed by atoms with van der Waals surface area (Å²) in [6, 6.07) is 14.5.